The van der Waals surface area contributed by atoms with Crippen molar-refractivity contribution in [2.45, 2.75) is 19.8 Å². The fourth-order valence-electron chi connectivity index (χ4n) is 1.70. The lowest BCUT2D eigenvalue weighted by atomic mass is 9.85. The predicted octanol–water partition coefficient (Wildman–Crippen LogP) is 1.99. The minimum atomic E-state index is -0.377. The van der Waals surface area contributed by atoms with E-state index in [1.807, 2.05) is 44.2 Å². The minimum Gasteiger partial charge on any atom is -0.389 e. The first-order valence-electron chi connectivity index (χ1n) is 4.85. The standard InChI is InChI=1S/C12H16O2/c1-9(2)12(11(14)8-13)10-6-4-3-5-7-10/h3-7,9,12-13H,8H2,1-2H3. The van der Waals surface area contributed by atoms with Crippen LogP contribution in [0.4, 0.5) is 0 Å². The van der Waals surface area contributed by atoms with Crippen LogP contribution < -0.4 is 0 Å². The van der Waals surface area contributed by atoms with Crippen molar-refractivity contribution in [2.24, 2.45) is 5.92 Å². The number of rotatable bonds is 4. The first-order chi connectivity index (χ1) is 6.66. The summed E-state index contributed by atoms with van der Waals surface area (Å²) in [5, 5.41) is 8.87. The molecule has 0 aliphatic rings. The van der Waals surface area contributed by atoms with Crippen molar-refractivity contribution in [3.8, 4) is 0 Å². The summed E-state index contributed by atoms with van der Waals surface area (Å²) >= 11 is 0. The fourth-order valence-corrected chi connectivity index (χ4v) is 1.70. The minimum absolute atomic E-state index is 0.105. The van der Waals surface area contributed by atoms with Crippen molar-refractivity contribution in [2.75, 3.05) is 6.61 Å². The van der Waals surface area contributed by atoms with Crippen LogP contribution in [0.2, 0.25) is 0 Å². The summed E-state index contributed by atoms with van der Waals surface area (Å²) in [5.41, 5.74) is 0.988. The Morgan fingerprint density at radius 1 is 1.29 bits per heavy atom. The second kappa shape index (κ2) is 4.91. The Morgan fingerprint density at radius 3 is 2.29 bits per heavy atom. The lowest BCUT2D eigenvalue weighted by molar-refractivity contribution is -0.124. The highest BCUT2D eigenvalue weighted by Crippen LogP contribution is 2.24. The van der Waals surface area contributed by atoms with Gasteiger partial charge in [0.15, 0.2) is 5.78 Å². The zero-order chi connectivity index (χ0) is 10.6. The molecule has 0 saturated heterocycles. The van der Waals surface area contributed by atoms with E-state index in [0.717, 1.165) is 5.56 Å². The Labute approximate surface area is 84.6 Å². The molecule has 0 aromatic heterocycles. The topological polar surface area (TPSA) is 37.3 Å². The van der Waals surface area contributed by atoms with Gasteiger partial charge in [0.05, 0.1) is 0 Å². The number of aliphatic hydroxyl groups excluding tert-OH is 1. The molecule has 1 aromatic rings. The van der Waals surface area contributed by atoms with Crippen LogP contribution in [0, 0.1) is 5.92 Å². The highest BCUT2D eigenvalue weighted by molar-refractivity contribution is 5.86. The third-order valence-corrected chi connectivity index (χ3v) is 2.33. The Hall–Kier alpha value is -1.15. The highest BCUT2D eigenvalue weighted by atomic mass is 16.3. The van der Waals surface area contributed by atoms with Crippen LogP contribution in [0.25, 0.3) is 0 Å². The molecular formula is C12H16O2. The Bertz CT molecular complexity index is 290. The molecule has 1 N–H and O–H groups in total. The van der Waals surface area contributed by atoms with E-state index >= 15 is 0 Å². The van der Waals surface area contributed by atoms with Gasteiger partial charge in [0.2, 0.25) is 0 Å². The van der Waals surface area contributed by atoms with Crippen molar-refractivity contribution in [1.29, 1.82) is 0 Å². The number of ketones is 1. The molecule has 0 spiro atoms. The van der Waals surface area contributed by atoms with E-state index in [4.69, 9.17) is 5.11 Å². The number of hydrogen-bond acceptors (Lipinski definition) is 2. The lowest BCUT2D eigenvalue weighted by Crippen LogP contribution is -2.21. The van der Waals surface area contributed by atoms with Crippen molar-refractivity contribution in [3.05, 3.63) is 35.9 Å². The zero-order valence-electron chi connectivity index (χ0n) is 8.60. The summed E-state index contributed by atoms with van der Waals surface area (Å²) in [4.78, 5) is 11.5. The molecule has 1 aromatic carbocycles. The average Bonchev–Trinajstić information content (AvgIpc) is 2.19. The Kier molecular flexibility index (Phi) is 3.84. The van der Waals surface area contributed by atoms with Crippen molar-refractivity contribution in [3.63, 3.8) is 0 Å². The third-order valence-electron chi connectivity index (χ3n) is 2.33. The smallest absolute Gasteiger partial charge is 0.165 e. The quantitative estimate of drug-likeness (QED) is 0.792. The van der Waals surface area contributed by atoms with Crippen LogP contribution in [0.15, 0.2) is 30.3 Å². The number of aliphatic hydroxyl groups is 1. The largest absolute Gasteiger partial charge is 0.389 e. The van der Waals surface area contributed by atoms with Gasteiger partial charge in [0, 0.05) is 5.92 Å². The Balaban J connectivity index is 2.95. The number of carbonyl (C=O) groups excluding carboxylic acids is 1. The molecule has 0 aliphatic carbocycles. The van der Waals surface area contributed by atoms with Gasteiger partial charge < -0.3 is 5.11 Å². The van der Waals surface area contributed by atoms with Gasteiger partial charge in [-0.05, 0) is 11.5 Å². The zero-order valence-corrected chi connectivity index (χ0v) is 8.60. The predicted molar refractivity (Wildman–Crippen MR) is 56.1 cm³/mol. The fraction of sp³-hybridized carbons (Fsp3) is 0.417. The number of benzene rings is 1. The van der Waals surface area contributed by atoms with E-state index in [0.29, 0.717) is 0 Å². The van der Waals surface area contributed by atoms with Gasteiger partial charge in [-0.1, -0.05) is 44.2 Å². The molecule has 1 unspecified atom stereocenters. The van der Waals surface area contributed by atoms with E-state index in [1.54, 1.807) is 0 Å². The van der Waals surface area contributed by atoms with E-state index in [2.05, 4.69) is 0 Å². The van der Waals surface area contributed by atoms with E-state index in [1.165, 1.54) is 0 Å². The number of hydrogen-bond donors (Lipinski definition) is 1. The van der Waals surface area contributed by atoms with E-state index in [9.17, 15) is 4.79 Å². The first-order valence-corrected chi connectivity index (χ1v) is 4.85. The Morgan fingerprint density at radius 2 is 1.86 bits per heavy atom. The molecule has 0 saturated carbocycles. The normalized spacial score (nSPS) is 12.9. The van der Waals surface area contributed by atoms with Crippen molar-refractivity contribution < 1.29 is 9.90 Å². The first kappa shape index (κ1) is 10.9. The van der Waals surface area contributed by atoms with E-state index in [-0.39, 0.29) is 24.2 Å². The van der Waals surface area contributed by atoms with Gasteiger partial charge in [0.25, 0.3) is 0 Å². The van der Waals surface area contributed by atoms with Crippen LogP contribution in [0.3, 0.4) is 0 Å². The molecule has 76 valence electrons. The summed E-state index contributed by atoms with van der Waals surface area (Å²) in [6, 6.07) is 9.60. The van der Waals surface area contributed by atoms with Gasteiger partial charge in [-0.15, -0.1) is 0 Å². The van der Waals surface area contributed by atoms with Crippen LogP contribution in [-0.2, 0) is 4.79 Å². The summed E-state index contributed by atoms with van der Waals surface area (Å²) in [6.45, 7) is 3.61. The van der Waals surface area contributed by atoms with Crippen LogP contribution >= 0.6 is 0 Å². The summed E-state index contributed by atoms with van der Waals surface area (Å²) < 4.78 is 0. The molecule has 1 rings (SSSR count). The molecule has 2 heteroatoms. The highest BCUT2D eigenvalue weighted by Gasteiger charge is 2.22. The third kappa shape index (κ3) is 2.42. The van der Waals surface area contributed by atoms with Crippen LogP contribution in [0.1, 0.15) is 25.3 Å². The van der Waals surface area contributed by atoms with Gasteiger partial charge in [-0.25, -0.2) is 0 Å². The second-order valence-corrected chi connectivity index (χ2v) is 3.76. The SMILES string of the molecule is CC(C)C(C(=O)CO)c1ccccc1. The van der Waals surface area contributed by atoms with Gasteiger partial charge >= 0.3 is 0 Å². The van der Waals surface area contributed by atoms with Crippen molar-refractivity contribution >= 4 is 5.78 Å². The maximum Gasteiger partial charge on any atom is 0.165 e. The molecule has 0 radical (unpaired) electrons. The van der Waals surface area contributed by atoms with Crippen LogP contribution in [-0.4, -0.2) is 17.5 Å². The molecule has 1 atom stereocenters. The molecule has 0 fully saturated rings. The number of carbonyl (C=O) groups is 1. The molecule has 0 bridgehead atoms. The molecule has 0 heterocycles. The molecule has 0 aliphatic heterocycles. The second-order valence-electron chi connectivity index (χ2n) is 3.76. The van der Waals surface area contributed by atoms with E-state index < -0.39 is 0 Å². The molecule has 14 heavy (non-hydrogen) atoms. The molecule has 2 nitrogen and oxygen atoms in total. The molecular weight excluding hydrogens is 176 g/mol. The monoisotopic (exact) mass is 192 g/mol. The summed E-state index contributed by atoms with van der Waals surface area (Å²) in [7, 11) is 0. The van der Waals surface area contributed by atoms with Gasteiger partial charge in [0.1, 0.15) is 6.61 Å². The van der Waals surface area contributed by atoms with Gasteiger partial charge in [-0.3, -0.25) is 4.79 Å². The van der Waals surface area contributed by atoms with Crippen molar-refractivity contribution in [1.82, 2.24) is 0 Å². The van der Waals surface area contributed by atoms with Gasteiger partial charge in [-0.2, -0.15) is 0 Å². The number of Topliss-reactive ketones (excluding diaryl/α,β-unsaturated/α-hetero) is 1. The lowest BCUT2D eigenvalue weighted by Gasteiger charge is -2.18. The maximum atomic E-state index is 11.5. The summed E-state index contributed by atoms with van der Waals surface area (Å²) in [6.07, 6.45) is 0. The van der Waals surface area contributed by atoms with Crippen LogP contribution in [0.5, 0.6) is 0 Å². The summed E-state index contributed by atoms with van der Waals surface area (Å²) in [5.74, 6) is -0.0653. The average molecular weight is 192 g/mol. The molecule has 0 amide bonds. The maximum absolute atomic E-state index is 11.5.